The Morgan fingerprint density at radius 3 is 1.04 bits per heavy atom. The number of rotatable bonds is 51. The zero-order valence-corrected chi connectivity index (χ0v) is 44.1. The lowest BCUT2D eigenvalue weighted by Crippen LogP contribution is -2.45. The Bertz CT molecular complexity index is 1280. The first-order valence-corrected chi connectivity index (χ1v) is 28.6. The number of hydrogen-bond acceptors (Lipinski definition) is 3. The fourth-order valence-corrected chi connectivity index (χ4v) is 8.16. The second-order valence-corrected chi connectivity index (χ2v) is 19.0. The highest BCUT2D eigenvalue weighted by molar-refractivity contribution is 5.76. The molecule has 0 aromatic carbocycles. The minimum Gasteiger partial charge on any atom is -0.394 e. The number of unbranched alkanes of at least 4 members (excludes halogenated alkanes) is 28. The molecule has 0 spiro atoms. The average Bonchev–Trinajstić information content (AvgIpc) is 3.33. The van der Waals surface area contributed by atoms with Gasteiger partial charge >= 0.3 is 0 Å². The molecule has 0 rings (SSSR count). The lowest BCUT2D eigenvalue weighted by atomic mass is 10.0. The van der Waals surface area contributed by atoms with E-state index in [1.165, 1.54) is 154 Å². The summed E-state index contributed by atoms with van der Waals surface area (Å²) in [7, 11) is 0. The van der Waals surface area contributed by atoms with Crippen molar-refractivity contribution >= 4 is 5.91 Å². The Kier molecular flexibility index (Phi) is 54.8. The van der Waals surface area contributed by atoms with Crippen molar-refractivity contribution in [3.8, 4) is 0 Å². The average molecular weight is 929 g/mol. The number of hydrogen-bond donors (Lipinski definition) is 3. The Morgan fingerprint density at radius 1 is 0.373 bits per heavy atom. The molecule has 1 amide bonds. The first kappa shape index (κ1) is 64.0. The van der Waals surface area contributed by atoms with Gasteiger partial charge in [0.05, 0.1) is 18.8 Å². The molecular weight excluding hydrogens is 819 g/mol. The van der Waals surface area contributed by atoms with E-state index in [2.05, 4.69) is 116 Å². The van der Waals surface area contributed by atoms with Crippen molar-refractivity contribution in [3.63, 3.8) is 0 Å². The van der Waals surface area contributed by atoms with Gasteiger partial charge in [0, 0.05) is 6.42 Å². The summed E-state index contributed by atoms with van der Waals surface area (Å²) in [6, 6.07) is -0.663. The first-order valence-electron chi connectivity index (χ1n) is 28.6. The summed E-state index contributed by atoms with van der Waals surface area (Å²) in [4.78, 5) is 12.5. The van der Waals surface area contributed by atoms with Gasteiger partial charge in [-0.2, -0.15) is 0 Å². The summed E-state index contributed by atoms with van der Waals surface area (Å²) in [5.74, 6) is -0.0955. The van der Waals surface area contributed by atoms with Crippen LogP contribution >= 0.6 is 0 Å². The number of aliphatic hydroxyl groups is 2. The van der Waals surface area contributed by atoms with Crippen molar-refractivity contribution < 1.29 is 15.0 Å². The van der Waals surface area contributed by atoms with Gasteiger partial charge in [-0.15, -0.1) is 0 Å². The van der Waals surface area contributed by atoms with E-state index in [4.69, 9.17) is 0 Å². The van der Waals surface area contributed by atoms with Gasteiger partial charge < -0.3 is 15.5 Å². The molecule has 4 nitrogen and oxygen atoms in total. The number of carbonyl (C=O) groups excluding carboxylic acids is 1. The highest BCUT2D eigenvalue weighted by Gasteiger charge is 2.17. The van der Waals surface area contributed by atoms with Gasteiger partial charge in [0.1, 0.15) is 0 Å². The molecule has 0 aromatic rings. The van der Waals surface area contributed by atoms with Crippen molar-refractivity contribution in [1.29, 1.82) is 0 Å². The maximum atomic E-state index is 12.5. The number of allylic oxidation sites excluding steroid dienone is 17. The Morgan fingerprint density at radius 2 is 0.672 bits per heavy atom. The standard InChI is InChI=1S/C63H109NO3/c1-3-5-7-9-11-13-15-17-19-21-23-25-27-29-30-31-32-33-35-36-38-40-42-44-46-48-50-52-54-56-58-62(66)61(60-65)64-63(67)59-57-55-53-51-49-47-45-43-41-39-37-34-28-26-24-22-20-18-16-14-12-10-8-6-4-2/h6,8,12,14,18,20,24,26,34,37,40-43,48,50,56,58,61-62,65-66H,3-5,7,9-11,13,15-17,19,21-23,25,27-33,35-36,38-39,44-47,49,51-55,57,59-60H2,1-2H3,(H,64,67)/b8-6-,14-12-,20-18-,26-24-,37-34-,42-40+,43-41-,50-48+,58-56+. The minimum atomic E-state index is -0.886. The van der Waals surface area contributed by atoms with Gasteiger partial charge in [0.2, 0.25) is 5.91 Å². The molecule has 0 saturated heterocycles. The quantitative estimate of drug-likeness (QED) is 0.0420. The van der Waals surface area contributed by atoms with E-state index in [-0.39, 0.29) is 12.5 Å². The summed E-state index contributed by atoms with van der Waals surface area (Å²) >= 11 is 0. The normalized spacial score (nSPS) is 13.7. The van der Waals surface area contributed by atoms with Gasteiger partial charge in [-0.1, -0.05) is 271 Å². The molecule has 384 valence electrons. The fourth-order valence-electron chi connectivity index (χ4n) is 8.16. The van der Waals surface area contributed by atoms with Crippen LogP contribution in [0.25, 0.3) is 0 Å². The molecule has 0 aromatic heterocycles. The predicted molar refractivity (Wildman–Crippen MR) is 299 cm³/mol. The number of carbonyl (C=O) groups is 1. The summed E-state index contributed by atoms with van der Waals surface area (Å²) in [6.45, 7) is 4.18. The van der Waals surface area contributed by atoms with E-state index in [0.717, 1.165) is 89.9 Å². The van der Waals surface area contributed by atoms with E-state index >= 15 is 0 Å². The van der Waals surface area contributed by atoms with Crippen LogP contribution in [0.4, 0.5) is 0 Å². The number of aliphatic hydroxyl groups excluding tert-OH is 2. The summed E-state index contributed by atoms with van der Waals surface area (Å²) in [5.41, 5.74) is 0. The van der Waals surface area contributed by atoms with Crippen LogP contribution in [-0.4, -0.2) is 34.9 Å². The molecule has 67 heavy (non-hydrogen) atoms. The molecule has 2 unspecified atom stereocenters. The van der Waals surface area contributed by atoms with E-state index < -0.39 is 12.1 Å². The van der Waals surface area contributed by atoms with Crippen molar-refractivity contribution in [2.45, 2.75) is 276 Å². The largest absolute Gasteiger partial charge is 0.394 e. The maximum absolute atomic E-state index is 12.5. The lowest BCUT2D eigenvalue weighted by molar-refractivity contribution is -0.123. The van der Waals surface area contributed by atoms with Gasteiger partial charge in [0.25, 0.3) is 0 Å². The second-order valence-electron chi connectivity index (χ2n) is 19.0. The van der Waals surface area contributed by atoms with Crippen LogP contribution in [0.3, 0.4) is 0 Å². The molecule has 0 aliphatic heterocycles. The number of amides is 1. The monoisotopic (exact) mass is 928 g/mol. The highest BCUT2D eigenvalue weighted by Crippen LogP contribution is 2.16. The maximum Gasteiger partial charge on any atom is 0.220 e. The van der Waals surface area contributed by atoms with Gasteiger partial charge in [0.15, 0.2) is 0 Å². The Hall–Kier alpha value is -2.95. The summed E-state index contributed by atoms with van der Waals surface area (Å²) in [5, 5.41) is 23.1. The van der Waals surface area contributed by atoms with Crippen LogP contribution in [0, 0.1) is 0 Å². The molecule has 0 saturated carbocycles. The summed E-state index contributed by atoms with van der Waals surface area (Å²) in [6.07, 6.45) is 86.8. The topological polar surface area (TPSA) is 69.6 Å². The zero-order valence-electron chi connectivity index (χ0n) is 44.1. The SMILES string of the molecule is CC/C=C\C/C=C\C/C=C\C/C=C\C/C=C\C/C=C\CCCCCCCCC(=O)NC(CO)C(O)/C=C/CC/C=C/CC/C=C/CCCCCCCCCCCCCCCCCCCCCC. The Balaban J connectivity index is 3.63. The van der Waals surface area contributed by atoms with Crippen LogP contribution in [-0.2, 0) is 4.79 Å². The molecule has 0 radical (unpaired) electrons. The van der Waals surface area contributed by atoms with Crippen molar-refractivity contribution in [1.82, 2.24) is 5.32 Å². The molecule has 2 atom stereocenters. The third-order valence-electron chi connectivity index (χ3n) is 12.5. The Labute approximate surface area is 416 Å². The van der Waals surface area contributed by atoms with Crippen molar-refractivity contribution in [2.24, 2.45) is 0 Å². The van der Waals surface area contributed by atoms with Crippen molar-refractivity contribution in [3.05, 3.63) is 109 Å². The van der Waals surface area contributed by atoms with Crippen LogP contribution < -0.4 is 5.32 Å². The van der Waals surface area contributed by atoms with Gasteiger partial charge in [-0.25, -0.2) is 0 Å². The molecule has 0 bridgehead atoms. The zero-order chi connectivity index (χ0) is 48.5. The van der Waals surface area contributed by atoms with E-state index in [0.29, 0.717) is 6.42 Å². The first-order chi connectivity index (χ1) is 33.2. The molecule has 0 aliphatic rings. The second kappa shape index (κ2) is 57.4. The third kappa shape index (κ3) is 53.9. The lowest BCUT2D eigenvalue weighted by Gasteiger charge is -2.19. The molecular formula is C63H109NO3. The molecule has 0 aliphatic carbocycles. The molecule has 3 N–H and O–H groups in total. The van der Waals surface area contributed by atoms with E-state index in [9.17, 15) is 15.0 Å². The van der Waals surface area contributed by atoms with Gasteiger partial charge in [-0.05, 0) is 96.3 Å². The van der Waals surface area contributed by atoms with E-state index in [1.54, 1.807) is 6.08 Å². The third-order valence-corrected chi connectivity index (χ3v) is 12.5. The van der Waals surface area contributed by atoms with E-state index in [1.807, 2.05) is 6.08 Å². The molecule has 4 heteroatoms. The smallest absolute Gasteiger partial charge is 0.220 e. The highest BCUT2D eigenvalue weighted by atomic mass is 16.3. The molecule has 0 fully saturated rings. The van der Waals surface area contributed by atoms with Crippen LogP contribution in [0.15, 0.2) is 109 Å². The van der Waals surface area contributed by atoms with Crippen LogP contribution in [0.1, 0.15) is 264 Å². The minimum absolute atomic E-state index is 0.0955. The fraction of sp³-hybridized carbons (Fsp3) is 0.698. The van der Waals surface area contributed by atoms with Crippen molar-refractivity contribution in [2.75, 3.05) is 6.61 Å². The van der Waals surface area contributed by atoms with Crippen LogP contribution in [0.2, 0.25) is 0 Å². The van der Waals surface area contributed by atoms with Crippen LogP contribution in [0.5, 0.6) is 0 Å². The van der Waals surface area contributed by atoms with Gasteiger partial charge in [-0.3, -0.25) is 4.79 Å². The summed E-state index contributed by atoms with van der Waals surface area (Å²) < 4.78 is 0. The number of nitrogens with one attached hydrogen (secondary N) is 1. The molecule has 0 heterocycles. The predicted octanol–water partition coefficient (Wildman–Crippen LogP) is 19.1.